The van der Waals surface area contributed by atoms with E-state index >= 15 is 0 Å². The molecular formula is C48H30O. The van der Waals surface area contributed by atoms with Gasteiger partial charge in [0.25, 0.3) is 0 Å². The highest BCUT2D eigenvalue weighted by atomic mass is 16.3. The molecule has 0 aliphatic heterocycles. The van der Waals surface area contributed by atoms with Crippen molar-refractivity contribution in [2.75, 3.05) is 0 Å². The van der Waals surface area contributed by atoms with E-state index in [1.807, 2.05) is 12.1 Å². The van der Waals surface area contributed by atoms with Gasteiger partial charge in [0.2, 0.25) is 0 Å². The van der Waals surface area contributed by atoms with Gasteiger partial charge in [0, 0.05) is 16.3 Å². The van der Waals surface area contributed by atoms with E-state index in [9.17, 15) is 0 Å². The molecule has 0 bridgehead atoms. The molecule has 9 aromatic carbocycles. The van der Waals surface area contributed by atoms with Gasteiger partial charge in [0.1, 0.15) is 11.2 Å². The van der Waals surface area contributed by atoms with Gasteiger partial charge in [0.05, 0.1) is 0 Å². The lowest BCUT2D eigenvalue weighted by atomic mass is 9.85. The van der Waals surface area contributed by atoms with Crippen LogP contribution >= 0.6 is 0 Å². The molecule has 228 valence electrons. The van der Waals surface area contributed by atoms with Gasteiger partial charge in [-0.25, -0.2) is 0 Å². The maximum absolute atomic E-state index is 6.40. The van der Waals surface area contributed by atoms with Gasteiger partial charge in [-0.1, -0.05) is 158 Å². The molecule has 49 heavy (non-hydrogen) atoms. The van der Waals surface area contributed by atoms with Gasteiger partial charge < -0.3 is 4.42 Å². The SMILES string of the molecule is c1cc(-c2cccc(-c3cccc4c3oc3ccccc34)c2)cc(-c2c3ccccc3c(-c3ccc4ccccc4c3)c3ccccc23)c1. The zero-order valence-corrected chi connectivity index (χ0v) is 26.7. The van der Waals surface area contributed by atoms with E-state index in [0.29, 0.717) is 0 Å². The lowest BCUT2D eigenvalue weighted by Crippen LogP contribution is -1.91. The highest BCUT2D eigenvalue weighted by molar-refractivity contribution is 6.22. The third-order valence-electron chi connectivity index (χ3n) is 10.0. The number of benzene rings is 9. The summed E-state index contributed by atoms with van der Waals surface area (Å²) in [6.07, 6.45) is 0. The summed E-state index contributed by atoms with van der Waals surface area (Å²) in [5.74, 6) is 0. The molecule has 0 aliphatic rings. The normalized spacial score (nSPS) is 11.7. The van der Waals surface area contributed by atoms with Crippen LogP contribution in [0.2, 0.25) is 0 Å². The van der Waals surface area contributed by atoms with E-state index in [0.717, 1.165) is 33.1 Å². The maximum Gasteiger partial charge on any atom is 0.143 e. The second kappa shape index (κ2) is 11.1. The third-order valence-corrected chi connectivity index (χ3v) is 10.0. The molecule has 0 aliphatic carbocycles. The number of fused-ring (bicyclic) bond motifs is 6. The molecule has 1 aromatic heterocycles. The van der Waals surface area contributed by atoms with Gasteiger partial charge in [0.15, 0.2) is 0 Å². The van der Waals surface area contributed by atoms with Crippen molar-refractivity contribution >= 4 is 54.3 Å². The van der Waals surface area contributed by atoms with E-state index in [1.165, 1.54) is 65.7 Å². The molecule has 1 heteroatoms. The van der Waals surface area contributed by atoms with Gasteiger partial charge in [-0.15, -0.1) is 0 Å². The molecule has 0 radical (unpaired) electrons. The monoisotopic (exact) mass is 622 g/mol. The number of hydrogen-bond donors (Lipinski definition) is 0. The van der Waals surface area contributed by atoms with Gasteiger partial charge >= 0.3 is 0 Å². The van der Waals surface area contributed by atoms with Crippen LogP contribution in [0.25, 0.3) is 98.8 Å². The second-order valence-electron chi connectivity index (χ2n) is 12.8. The Morgan fingerprint density at radius 2 is 0.776 bits per heavy atom. The predicted molar refractivity (Wildman–Crippen MR) is 208 cm³/mol. The Labute approximate surface area is 284 Å². The molecule has 10 rings (SSSR count). The quantitative estimate of drug-likeness (QED) is 0.178. The fraction of sp³-hybridized carbons (Fsp3) is 0. The van der Waals surface area contributed by atoms with E-state index in [2.05, 4.69) is 170 Å². The summed E-state index contributed by atoms with van der Waals surface area (Å²) in [4.78, 5) is 0. The summed E-state index contributed by atoms with van der Waals surface area (Å²) in [7, 11) is 0. The Hall–Kier alpha value is -6.44. The summed E-state index contributed by atoms with van der Waals surface area (Å²) < 4.78 is 6.40. The van der Waals surface area contributed by atoms with E-state index in [-0.39, 0.29) is 0 Å². The van der Waals surface area contributed by atoms with Gasteiger partial charge in [-0.05, 0) is 95.5 Å². The highest BCUT2D eigenvalue weighted by Crippen LogP contribution is 2.45. The smallest absolute Gasteiger partial charge is 0.143 e. The summed E-state index contributed by atoms with van der Waals surface area (Å²) >= 11 is 0. The van der Waals surface area contributed by atoms with Crippen LogP contribution in [-0.2, 0) is 0 Å². The molecule has 0 N–H and O–H groups in total. The zero-order chi connectivity index (χ0) is 32.3. The van der Waals surface area contributed by atoms with Gasteiger partial charge in [-0.2, -0.15) is 0 Å². The van der Waals surface area contributed by atoms with Crippen molar-refractivity contribution in [3.63, 3.8) is 0 Å². The fourth-order valence-corrected chi connectivity index (χ4v) is 7.79. The number of furan rings is 1. The summed E-state index contributed by atoms with van der Waals surface area (Å²) in [6.45, 7) is 0. The molecular weight excluding hydrogens is 593 g/mol. The van der Waals surface area contributed by atoms with Crippen molar-refractivity contribution in [1.82, 2.24) is 0 Å². The maximum atomic E-state index is 6.40. The number of para-hydroxylation sites is 2. The molecule has 1 heterocycles. The molecule has 0 spiro atoms. The third kappa shape index (κ3) is 4.47. The first-order valence-corrected chi connectivity index (χ1v) is 16.8. The molecule has 0 unspecified atom stereocenters. The van der Waals surface area contributed by atoms with Crippen LogP contribution in [0.5, 0.6) is 0 Å². The van der Waals surface area contributed by atoms with Crippen LogP contribution in [0.4, 0.5) is 0 Å². The minimum Gasteiger partial charge on any atom is -0.455 e. The lowest BCUT2D eigenvalue weighted by molar-refractivity contribution is 0.670. The molecule has 10 aromatic rings. The van der Waals surface area contributed by atoms with E-state index in [4.69, 9.17) is 4.42 Å². The fourth-order valence-electron chi connectivity index (χ4n) is 7.79. The first-order valence-electron chi connectivity index (χ1n) is 16.8. The van der Waals surface area contributed by atoms with Crippen LogP contribution < -0.4 is 0 Å². The van der Waals surface area contributed by atoms with Crippen molar-refractivity contribution in [3.05, 3.63) is 182 Å². The predicted octanol–water partition coefficient (Wildman–Crippen LogP) is 13.7. The number of hydrogen-bond acceptors (Lipinski definition) is 1. The molecule has 0 saturated carbocycles. The molecule has 0 amide bonds. The minimum atomic E-state index is 0.917. The van der Waals surface area contributed by atoms with Crippen molar-refractivity contribution in [2.24, 2.45) is 0 Å². The topological polar surface area (TPSA) is 13.1 Å². The van der Waals surface area contributed by atoms with Crippen LogP contribution in [0.3, 0.4) is 0 Å². The Morgan fingerprint density at radius 3 is 1.47 bits per heavy atom. The molecule has 1 nitrogen and oxygen atoms in total. The van der Waals surface area contributed by atoms with Crippen molar-refractivity contribution in [3.8, 4) is 44.5 Å². The second-order valence-corrected chi connectivity index (χ2v) is 12.8. The summed E-state index contributed by atoms with van der Waals surface area (Å²) in [5.41, 5.74) is 11.4. The first kappa shape index (κ1) is 27.7. The van der Waals surface area contributed by atoms with E-state index in [1.54, 1.807) is 0 Å². The molecule has 0 atom stereocenters. The molecule has 0 fully saturated rings. The average Bonchev–Trinajstić information content (AvgIpc) is 3.56. The summed E-state index contributed by atoms with van der Waals surface area (Å²) in [5, 5.41) is 9.84. The van der Waals surface area contributed by atoms with Crippen molar-refractivity contribution in [1.29, 1.82) is 0 Å². The minimum absolute atomic E-state index is 0.917. The van der Waals surface area contributed by atoms with Crippen LogP contribution in [0, 0.1) is 0 Å². The first-order chi connectivity index (χ1) is 24.3. The summed E-state index contributed by atoms with van der Waals surface area (Å²) in [6, 6.07) is 65.8. The Balaban J connectivity index is 1.14. The Bertz CT molecular complexity index is 2830. The lowest BCUT2D eigenvalue weighted by Gasteiger charge is -2.18. The Kier molecular flexibility index (Phi) is 6.25. The number of rotatable bonds is 4. The largest absolute Gasteiger partial charge is 0.455 e. The van der Waals surface area contributed by atoms with Crippen molar-refractivity contribution in [2.45, 2.75) is 0 Å². The average molecular weight is 623 g/mol. The standard InChI is InChI=1S/C48H30O/c1-2-13-32-29-37(27-26-31(32)12-1)47-42-21-5-3-19-40(42)46(41-20-4-6-22-43(41)47)36-17-10-15-34(30-36)33-14-9-16-35(28-33)38-23-11-24-44-39-18-7-8-25-45(39)49-48(38)44/h1-30H. The van der Waals surface area contributed by atoms with Gasteiger partial charge in [-0.3, -0.25) is 0 Å². The molecule has 0 saturated heterocycles. The van der Waals surface area contributed by atoms with Crippen LogP contribution in [0.1, 0.15) is 0 Å². The van der Waals surface area contributed by atoms with Crippen molar-refractivity contribution < 1.29 is 4.42 Å². The zero-order valence-electron chi connectivity index (χ0n) is 26.7. The van der Waals surface area contributed by atoms with E-state index < -0.39 is 0 Å². The van der Waals surface area contributed by atoms with Crippen LogP contribution in [0.15, 0.2) is 186 Å². The highest BCUT2D eigenvalue weighted by Gasteiger charge is 2.18. The Morgan fingerprint density at radius 1 is 0.286 bits per heavy atom. The van der Waals surface area contributed by atoms with Crippen LogP contribution in [-0.4, -0.2) is 0 Å².